The number of amides is 1. The fourth-order valence-corrected chi connectivity index (χ4v) is 3.15. The molecule has 1 aliphatic rings. The lowest BCUT2D eigenvalue weighted by Crippen LogP contribution is -2.33. The molecule has 1 heterocycles. The predicted octanol–water partition coefficient (Wildman–Crippen LogP) is 2.88. The lowest BCUT2D eigenvalue weighted by Gasteiger charge is -2.22. The summed E-state index contributed by atoms with van der Waals surface area (Å²) >= 11 is 1.95. The van der Waals surface area contributed by atoms with Crippen LogP contribution in [0.4, 0.5) is 0 Å². The van der Waals surface area contributed by atoms with Crippen molar-refractivity contribution in [2.45, 2.75) is 20.3 Å². The van der Waals surface area contributed by atoms with E-state index in [1.165, 1.54) is 5.75 Å². The number of rotatable bonds is 1. The largest absolute Gasteiger partial charge is 0.338 e. The molecule has 1 amide bonds. The van der Waals surface area contributed by atoms with E-state index >= 15 is 0 Å². The molecule has 3 heteroatoms. The summed E-state index contributed by atoms with van der Waals surface area (Å²) in [5.74, 6) is 2.45. The van der Waals surface area contributed by atoms with Gasteiger partial charge in [-0.05, 0) is 37.1 Å². The summed E-state index contributed by atoms with van der Waals surface area (Å²) in [6.07, 6.45) is 1.11. The van der Waals surface area contributed by atoms with Gasteiger partial charge in [0.1, 0.15) is 0 Å². The van der Waals surface area contributed by atoms with E-state index in [1.807, 2.05) is 48.7 Å². The molecule has 2 rings (SSSR count). The van der Waals surface area contributed by atoms with Gasteiger partial charge in [-0.2, -0.15) is 11.8 Å². The highest BCUT2D eigenvalue weighted by molar-refractivity contribution is 7.99. The second kappa shape index (κ2) is 5.58. The first-order valence-electron chi connectivity index (χ1n) is 6.13. The third-order valence-electron chi connectivity index (χ3n) is 3.20. The van der Waals surface area contributed by atoms with Crippen molar-refractivity contribution in [3.63, 3.8) is 0 Å². The smallest absolute Gasteiger partial charge is 0.254 e. The first-order valence-corrected chi connectivity index (χ1v) is 7.29. The molecule has 0 aromatic heterocycles. The summed E-state index contributed by atoms with van der Waals surface area (Å²) in [5, 5.41) is 0. The zero-order valence-corrected chi connectivity index (χ0v) is 11.3. The van der Waals surface area contributed by atoms with Crippen LogP contribution in [-0.4, -0.2) is 35.4 Å². The summed E-state index contributed by atoms with van der Waals surface area (Å²) in [7, 11) is 0. The lowest BCUT2D eigenvalue weighted by molar-refractivity contribution is 0.0767. The Kier molecular flexibility index (Phi) is 4.11. The number of nitrogens with zero attached hydrogens (tertiary/aromatic N) is 1. The molecule has 1 fully saturated rings. The molecule has 0 aliphatic carbocycles. The Hall–Kier alpha value is -0.960. The second-order valence-corrected chi connectivity index (χ2v) is 5.75. The summed E-state index contributed by atoms with van der Waals surface area (Å²) in [6, 6.07) is 6.05. The van der Waals surface area contributed by atoms with E-state index in [1.54, 1.807) is 0 Å². The van der Waals surface area contributed by atoms with E-state index < -0.39 is 0 Å². The van der Waals surface area contributed by atoms with E-state index in [4.69, 9.17) is 0 Å². The third-order valence-corrected chi connectivity index (χ3v) is 4.25. The van der Waals surface area contributed by atoms with Crippen molar-refractivity contribution < 1.29 is 4.79 Å². The van der Waals surface area contributed by atoms with Crippen LogP contribution in [0.5, 0.6) is 0 Å². The van der Waals surface area contributed by atoms with Crippen molar-refractivity contribution in [3.8, 4) is 0 Å². The van der Waals surface area contributed by atoms with Crippen molar-refractivity contribution in [2.75, 3.05) is 24.6 Å². The number of carbonyl (C=O) groups excluding carboxylic acids is 1. The number of carbonyl (C=O) groups is 1. The van der Waals surface area contributed by atoms with Crippen LogP contribution in [0.1, 0.15) is 27.9 Å². The normalized spacial score (nSPS) is 16.7. The Bertz CT molecular complexity index is 388. The number of thioether (sulfide) groups is 1. The maximum Gasteiger partial charge on any atom is 0.254 e. The maximum atomic E-state index is 12.5. The van der Waals surface area contributed by atoms with Crippen LogP contribution in [0.2, 0.25) is 0 Å². The van der Waals surface area contributed by atoms with E-state index in [2.05, 4.69) is 0 Å². The number of aryl methyl sites for hydroxylation is 2. The zero-order chi connectivity index (χ0) is 12.3. The summed E-state index contributed by atoms with van der Waals surface area (Å²) in [5.41, 5.74) is 3.08. The summed E-state index contributed by atoms with van der Waals surface area (Å²) < 4.78 is 0. The molecule has 0 N–H and O–H groups in total. The van der Waals surface area contributed by atoms with Gasteiger partial charge >= 0.3 is 0 Å². The van der Waals surface area contributed by atoms with Crippen LogP contribution in [0, 0.1) is 13.8 Å². The molecule has 0 bridgehead atoms. The Labute approximate surface area is 107 Å². The van der Waals surface area contributed by atoms with Gasteiger partial charge in [0.05, 0.1) is 0 Å². The fraction of sp³-hybridized carbons (Fsp3) is 0.500. The van der Waals surface area contributed by atoms with Crippen LogP contribution in [0.25, 0.3) is 0 Å². The topological polar surface area (TPSA) is 20.3 Å². The van der Waals surface area contributed by atoms with E-state index in [0.717, 1.165) is 42.0 Å². The SMILES string of the molecule is Cc1cccc(C)c1C(=O)N1CCCSCC1. The number of hydrogen-bond acceptors (Lipinski definition) is 2. The van der Waals surface area contributed by atoms with Crippen molar-refractivity contribution in [1.29, 1.82) is 0 Å². The first kappa shape index (κ1) is 12.5. The van der Waals surface area contributed by atoms with Crippen molar-refractivity contribution in [3.05, 3.63) is 34.9 Å². The molecule has 1 aliphatic heterocycles. The standard InChI is InChI=1S/C14H19NOS/c1-11-5-3-6-12(2)13(11)14(16)15-7-4-9-17-10-8-15/h3,5-6H,4,7-10H2,1-2H3. The minimum absolute atomic E-state index is 0.211. The molecule has 0 saturated carbocycles. The van der Waals surface area contributed by atoms with Crippen LogP contribution in [-0.2, 0) is 0 Å². The maximum absolute atomic E-state index is 12.5. The average molecular weight is 249 g/mol. The minimum Gasteiger partial charge on any atom is -0.338 e. The minimum atomic E-state index is 0.211. The van der Waals surface area contributed by atoms with Gasteiger partial charge < -0.3 is 4.90 Å². The molecular weight excluding hydrogens is 230 g/mol. The third kappa shape index (κ3) is 2.83. The quantitative estimate of drug-likeness (QED) is 0.763. The number of hydrogen-bond donors (Lipinski definition) is 0. The molecule has 0 radical (unpaired) electrons. The zero-order valence-electron chi connectivity index (χ0n) is 10.5. The molecule has 0 atom stereocenters. The van der Waals surface area contributed by atoms with Crippen molar-refractivity contribution in [2.24, 2.45) is 0 Å². The molecule has 1 aromatic rings. The van der Waals surface area contributed by atoms with Gasteiger partial charge in [0.25, 0.3) is 5.91 Å². The van der Waals surface area contributed by atoms with Gasteiger partial charge in [-0.15, -0.1) is 0 Å². The Balaban J connectivity index is 2.23. The molecule has 2 nitrogen and oxygen atoms in total. The molecule has 1 aromatic carbocycles. The molecule has 0 spiro atoms. The van der Waals surface area contributed by atoms with Gasteiger partial charge in [-0.3, -0.25) is 4.79 Å². The lowest BCUT2D eigenvalue weighted by atomic mass is 10.0. The highest BCUT2D eigenvalue weighted by atomic mass is 32.2. The van der Waals surface area contributed by atoms with Crippen LogP contribution >= 0.6 is 11.8 Å². The van der Waals surface area contributed by atoms with Crippen LogP contribution < -0.4 is 0 Å². The van der Waals surface area contributed by atoms with Crippen LogP contribution in [0.3, 0.4) is 0 Å². The second-order valence-electron chi connectivity index (χ2n) is 4.52. The van der Waals surface area contributed by atoms with E-state index in [0.29, 0.717) is 0 Å². The van der Waals surface area contributed by atoms with Crippen molar-refractivity contribution >= 4 is 17.7 Å². The molecule has 92 valence electrons. The first-order chi connectivity index (χ1) is 8.20. The summed E-state index contributed by atoms with van der Waals surface area (Å²) in [4.78, 5) is 14.5. The molecule has 17 heavy (non-hydrogen) atoms. The van der Waals surface area contributed by atoms with Crippen LogP contribution in [0.15, 0.2) is 18.2 Å². The molecule has 0 unspecified atom stereocenters. The monoisotopic (exact) mass is 249 g/mol. The number of benzene rings is 1. The Morgan fingerprint density at radius 1 is 1.18 bits per heavy atom. The van der Waals surface area contributed by atoms with Gasteiger partial charge in [-0.1, -0.05) is 18.2 Å². The Morgan fingerprint density at radius 3 is 2.59 bits per heavy atom. The highest BCUT2D eigenvalue weighted by Crippen LogP contribution is 2.18. The Morgan fingerprint density at radius 2 is 1.88 bits per heavy atom. The van der Waals surface area contributed by atoms with Gasteiger partial charge in [0, 0.05) is 24.4 Å². The molecule has 1 saturated heterocycles. The van der Waals surface area contributed by atoms with E-state index in [-0.39, 0.29) is 5.91 Å². The van der Waals surface area contributed by atoms with E-state index in [9.17, 15) is 4.79 Å². The van der Waals surface area contributed by atoms with Crippen molar-refractivity contribution in [1.82, 2.24) is 4.90 Å². The fourth-order valence-electron chi connectivity index (χ4n) is 2.26. The van der Waals surface area contributed by atoms with Gasteiger partial charge in [0.2, 0.25) is 0 Å². The van der Waals surface area contributed by atoms with Gasteiger partial charge in [0.15, 0.2) is 0 Å². The average Bonchev–Trinajstić information content (AvgIpc) is 2.57. The molecular formula is C14H19NOS. The highest BCUT2D eigenvalue weighted by Gasteiger charge is 2.20. The predicted molar refractivity (Wildman–Crippen MR) is 73.8 cm³/mol. The summed E-state index contributed by atoms with van der Waals surface area (Å²) in [6.45, 7) is 5.83. The van der Waals surface area contributed by atoms with Gasteiger partial charge in [-0.25, -0.2) is 0 Å².